The van der Waals surface area contributed by atoms with Crippen LogP contribution in [0.15, 0.2) is 16.9 Å². The third kappa shape index (κ3) is 1.28. The van der Waals surface area contributed by atoms with Gasteiger partial charge in [0.1, 0.15) is 0 Å². The van der Waals surface area contributed by atoms with E-state index in [1.807, 2.05) is 6.07 Å². The zero-order chi connectivity index (χ0) is 8.84. The first kappa shape index (κ1) is 7.30. The summed E-state index contributed by atoms with van der Waals surface area (Å²) in [6, 6.07) is 3.96. The van der Waals surface area contributed by atoms with E-state index in [1.54, 1.807) is 10.7 Å². The summed E-state index contributed by atoms with van der Waals surface area (Å²) in [4.78, 5) is 11.4. The van der Waals surface area contributed by atoms with Crippen LogP contribution in [0.3, 0.4) is 0 Å². The molecule has 3 rings (SSSR count). The van der Waals surface area contributed by atoms with Crippen molar-refractivity contribution in [2.75, 3.05) is 0 Å². The van der Waals surface area contributed by atoms with Crippen LogP contribution in [0.5, 0.6) is 0 Å². The summed E-state index contributed by atoms with van der Waals surface area (Å²) in [5.41, 5.74) is 1.18. The average Bonchev–Trinajstić information content (AvgIpc) is 3.00. The van der Waals surface area contributed by atoms with Crippen molar-refractivity contribution in [1.82, 2.24) is 9.78 Å². The molecule has 1 aromatic rings. The van der Waals surface area contributed by atoms with Gasteiger partial charge in [0.05, 0.1) is 11.7 Å². The molecule has 68 valence electrons. The topological polar surface area (TPSA) is 34.9 Å². The Hall–Kier alpha value is -1.12. The monoisotopic (exact) mass is 176 g/mol. The summed E-state index contributed by atoms with van der Waals surface area (Å²) in [6.07, 6.45) is 4.74. The molecule has 0 atom stereocenters. The Balaban J connectivity index is 2.04. The lowest BCUT2D eigenvalue weighted by Crippen LogP contribution is -2.21. The summed E-state index contributed by atoms with van der Waals surface area (Å²) < 4.78 is 1.67. The van der Waals surface area contributed by atoms with Crippen molar-refractivity contribution in [3.8, 4) is 0 Å². The maximum Gasteiger partial charge on any atom is 0.267 e. The van der Waals surface area contributed by atoms with Crippen molar-refractivity contribution in [2.45, 2.75) is 37.6 Å². The van der Waals surface area contributed by atoms with Crippen molar-refractivity contribution >= 4 is 0 Å². The van der Waals surface area contributed by atoms with Gasteiger partial charge in [-0.2, -0.15) is 5.10 Å². The van der Waals surface area contributed by atoms with Crippen LogP contribution in [0.4, 0.5) is 0 Å². The molecule has 0 spiro atoms. The van der Waals surface area contributed by atoms with E-state index in [9.17, 15) is 4.79 Å². The SMILES string of the molecule is O=c1ccc(C2CC2)nn1C1CC1. The van der Waals surface area contributed by atoms with E-state index in [0.717, 1.165) is 18.5 Å². The summed E-state index contributed by atoms with van der Waals surface area (Å²) in [6.45, 7) is 0. The molecular formula is C10H12N2O. The maximum absolute atomic E-state index is 11.4. The van der Waals surface area contributed by atoms with Crippen molar-refractivity contribution in [1.29, 1.82) is 0 Å². The lowest BCUT2D eigenvalue weighted by atomic mass is 10.3. The van der Waals surface area contributed by atoms with Gasteiger partial charge >= 0.3 is 0 Å². The highest BCUT2D eigenvalue weighted by Crippen LogP contribution is 2.39. The molecule has 1 aromatic heterocycles. The first-order valence-electron chi connectivity index (χ1n) is 4.94. The van der Waals surface area contributed by atoms with Crippen LogP contribution in [-0.4, -0.2) is 9.78 Å². The lowest BCUT2D eigenvalue weighted by molar-refractivity contribution is 0.582. The molecule has 0 bridgehead atoms. The number of hydrogen-bond acceptors (Lipinski definition) is 2. The van der Waals surface area contributed by atoms with E-state index in [1.165, 1.54) is 12.8 Å². The molecule has 0 radical (unpaired) electrons. The zero-order valence-corrected chi connectivity index (χ0v) is 7.44. The first-order valence-corrected chi connectivity index (χ1v) is 4.94. The molecule has 2 aliphatic carbocycles. The Morgan fingerprint density at radius 1 is 1.23 bits per heavy atom. The highest BCUT2D eigenvalue weighted by Gasteiger charge is 2.29. The van der Waals surface area contributed by atoms with Crippen LogP contribution in [-0.2, 0) is 0 Å². The largest absolute Gasteiger partial charge is 0.268 e. The minimum Gasteiger partial charge on any atom is -0.268 e. The van der Waals surface area contributed by atoms with Gasteiger partial charge in [-0.05, 0) is 31.7 Å². The smallest absolute Gasteiger partial charge is 0.267 e. The minimum atomic E-state index is 0.0619. The highest BCUT2D eigenvalue weighted by molar-refractivity contribution is 5.13. The quantitative estimate of drug-likeness (QED) is 0.683. The molecule has 0 aliphatic heterocycles. The van der Waals surface area contributed by atoms with Gasteiger partial charge in [-0.15, -0.1) is 0 Å². The van der Waals surface area contributed by atoms with Gasteiger partial charge in [0, 0.05) is 12.0 Å². The van der Waals surface area contributed by atoms with E-state index in [4.69, 9.17) is 0 Å². The molecular weight excluding hydrogens is 164 g/mol. The fourth-order valence-corrected chi connectivity index (χ4v) is 1.62. The van der Waals surface area contributed by atoms with Gasteiger partial charge in [-0.25, -0.2) is 4.68 Å². The second-order valence-corrected chi connectivity index (χ2v) is 4.05. The third-order valence-electron chi connectivity index (χ3n) is 2.73. The standard InChI is InChI=1S/C10H12N2O/c13-10-6-5-9(7-1-2-7)11-12(10)8-3-4-8/h5-8H,1-4H2. The summed E-state index contributed by atoms with van der Waals surface area (Å²) in [5, 5.41) is 4.40. The van der Waals surface area contributed by atoms with E-state index in [0.29, 0.717) is 12.0 Å². The average molecular weight is 176 g/mol. The molecule has 3 heteroatoms. The lowest BCUT2D eigenvalue weighted by Gasteiger charge is -2.03. The van der Waals surface area contributed by atoms with Crippen molar-refractivity contribution in [3.05, 3.63) is 28.2 Å². The Bertz CT molecular complexity index is 388. The van der Waals surface area contributed by atoms with Crippen molar-refractivity contribution in [2.24, 2.45) is 0 Å². The van der Waals surface area contributed by atoms with Gasteiger partial charge in [-0.3, -0.25) is 4.79 Å². The summed E-state index contributed by atoms with van der Waals surface area (Å²) in [5.74, 6) is 0.644. The van der Waals surface area contributed by atoms with Crippen LogP contribution in [0.1, 0.15) is 43.3 Å². The Morgan fingerprint density at radius 2 is 2.00 bits per heavy atom. The van der Waals surface area contributed by atoms with E-state index >= 15 is 0 Å². The Kier molecular flexibility index (Phi) is 1.37. The second kappa shape index (κ2) is 2.44. The van der Waals surface area contributed by atoms with Gasteiger partial charge in [0.2, 0.25) is 0 Å². The van der Waals surface area contributed by atoms with E-state index < -0.39 is 0 Å². The molecule has 2 aliphatic rings. The normalized spacial score (nSPS) is 21.8. The van der Waals surface area contributed by atoms with Crippen LogP contribution in [0.2, 0.25) is 0 Å². The van der Waals surface area contributed by atoms with Gasteiger partial charge in [0.25, 0.3) is 5.56 Å². The van der Waals surface area contributed by atoms with Gasteiger partial charge in [-0.1, -0.05) is 0 Å². The molecule has 3 nitrogen and oxygen atoms in total. The second-order valence-electron chi connectivity index (χ2n) is 4.05. The van der Waals surface area contributed by atoms with E-state index in [2.05, 4.69) is 5.10 Å². The number of hydrogen-bond donors (Lipinski definition) is 0. The molecule has 1 heterocycles. The van der Waals surface area contributed by atoms with Crippen LogP contribution < -0.4 is 5.56 Å². The molecule has 0 amide bonds. The van der Waals surface area contributed by atoms with Gasteiger partial charge in [0.15, 0.2) is 0 Å². The predicted octanol–water partition coefficient (Wildman–Crippen LogP) is 1.46. The zero-order valence-electron chi connectivity index (χ0n) is 7.44. The summed E-state index contributed by atoms with van der Waals surface area (Å²) in [7, 11) is 0. The molecule has 2 saturated carbocycles. The first-order chi connectivity index (χ1) is 6.34. The highest BCUT2D eigenvalue weighted by atomic mass is 16.1. The van der Waals surface area contributed by atoms with Gasteiger partial charge < -0.3 is 0 Å². The molecule has 0 unspecified atom stereocenters. The predicted molar refractivity (Wildman–Crippen MR) is 48.7 cm³/mol. The molecule has 2 fully saturated rings. The Labute approximate surface area is 76.4 Å². The molecule has 0 N–H and O–H groups in total. The van der Waals surface area contributed by atoms with E-state index in [-0.39, 0.29) is 5.56 Å². The fourth-order valence-electron chi connectivity index (χ4n) is 1.62. The minimum absolute atomic E-state index is 0.0619. The van der Waals surface area contributed by atoms with Crippen LogP contribution in [0.25, 0.3) is 0 Å². The molecule has 0 saturated heterocycles. The number of aromatic nitrogens is 2. The number of nitrogens with zero attached hydrogens (tertiary/aromatic N) is 2. The molecule has 0 aromatic carbocycles. The Morgan fingerprint density at radius 3 is 2.62 bits per heavy atom. The fraction of sp³-hybridized carbons (Fsp3) is 0.600. The molecule has 13 heavy (non-hydrogen) atoms. The van der Waals surface area contributed by atoms with Crippen molar-refractivity contribution < 1.29 is 0 Å². The van der Waals surface area contributed by atoms with Crippen LogP contribution >= 0.6 is 0 Å². The third-order valence-corrected chi connectivity index (χ3v) is 2.73. The maximum atomic E-state index is 11.4. The summed E-state index contributed by atoms with van der Waals surface area (Å²) >= 11 is 0. The van der Waals surface area contributed by atoms with Crippen molar-refractivity contribution in [3.63, 3.8) is 0 Å². The van der Waals surface area contributed by atoms with Crippen LogP contribution in [0, 0.1) is 0 Å². The number of rotatable bonds is 2.